The minimum Gasteiger partial charge on any atom is -0.461 e. The predicted octanol–water partition coefficient (Wildman–Crippen LogP) is 4.73. The van der Waals surface area contributed by atoms with Crippen LogP contribution in [0.3, 0.4) is 0 Å². The van der Waals surface area contributed by atoms with Crippen molar-refractivity contribution in [3.8, 4) is 0 Å². The first-order chi connectivity index (χ1) is 24.7. The van der Waals surface area contributed by atoms with E-state index in [4.69, 9.17) is 14.2 Å². The molecule has 2 unspecified atom stereocenters. The van der Waals surface area contributed by atoms with Gasteiger partial charge in [0.2, 0.25) is 11.8 Å². The van der Waals surface area contributed by atoms with Crippen LogP contribution in [0.2, 0.25) is 0 Å². The van der Waals surface area contributed by atoms with Crippen molar-refractivity contribution >= 4 is 53.0 Å². The van der Waals surface area contributed by atoms with Gasteiger partial charge in [0.05, 0.1) is 33.0 Å². The number of nitrogens with zero attached hydrogens (tertiary/aromatic N) is 2. The van der Waals surface area contributed by atoms with Crippen LogP contribution in [0.15, 0.2) is 53.4 Å². The van der Waals surface area contributed by atoms with E-state index in [9.17, 15) is 44.2 Å². The monoisotopic (exact) mass is 747 g/mol. The fourth-order valence-electron chi connectivity index (χ4n) is 4.70. The molecule has 0 bridgehead atoms. The van der Waals surface area contributed by atoms with Gasteiger partial charge in [-0.1, -0.05) is 57.0 Å². The maximum Gasteiger partial charge on any atom is 0.408 e. The standard InChI is InChI=1S/C34H45N5O12S/c1-5-10-22(3)50-31(41)19-35-32(42)27(21-52-29-16-14-25(38(45)46)18-28(29)39(47)48)36-30(40)17-15-26(33(43)51-23(4)11-6-2)37-34(44)49-20-24-12-8-7-9-13-24/h7-9,12-14,16,18,22-23,26-27H,5-6,10-11,15,17,19-21H2,1-4H3,(H,35,42)(H,36,40)(H,37,44)/t22?,23?,26-,27-/m0/s1. The average molecular weight is 748 g/mol. The van der Waals surface area contributed by atoms with Crippen LogP contribution in [0.1, 0.15) is 71.8 Å². The van der Waals surface area contributed by atoms with E-state index in [2.05, 4.69) is 16.0 Å². The van der Waals surface area contributed by atoms with Crippen LogP contribution in [0.4, 0.5) is 16.2 Å². The van der Waals surface area contributed by atoms with Crippen molar-refractivity contribution in [2.45, 2.75) is 102 Å². The number of amides is 3. The van der Waals surface area contributed by atoms with Crippen molar-refractivity contribution in [1.82, 2.24) is 16.0 Å². The molecule has 0 fully saturated rings. The van der Waals surface area contributed by atoms with Gasteiger partial charge in [-0.3, -0.25) is 34.6 Å². The number of nitrogens with one attached hydrogen (secondary N) is 3. The Balaban J connectivity index is 2.19. The van der Waals surface area contributed by atoms with Crippen molar-refractivity contribution in [2.24, 2.45) is 0 Å². The number of hydrogen-bond acceptors (Lipinski definition) is 13. The first-order valence-electron chi connectivity index (χ1n) is 16.7. The zero-order chi connectivity index (χ0) is 38.6. The van der Waals surface area contributed by atoms with Gasteiger partial charge in [-0.05, 0) is 44.7 Å². The molecule has 0 aliphatic carbocycles. The molecule has 0 aromatic heterocycles. The Morgan fingerprint density at radius 3 is 2.10 bits per heavy atom. The zero-order valence-corrected chi connectivity index (χ0v) is 30.3. The van der Waals surface area contributed by atoms with E-state index in [1.807, 2.05) is 13.8 Å². The summed E-state index contributed by atoms with van der Waals surface area (Å²) in [5, 5.41) is 30.1. The van der Waals surface area contributed by atoms with Crippen LogP contribution in [0.5, 0.6) is 0 Å². The molecule has 0 spiro atoms. The molecule has 17 nitrogen and oxygen atoms in total. The highest BCUT2D eigenvalue weighted by Crippen LogP contribution is 2.33. The Bertz CT molecular complexity index is 1540. The summed E-state index contributed by atoms with van der Waals surface area (Å²) in [5.41, 5.74) is -0.385. The number of ether oxygens (including phenoxy) is 3. The van der Waals surface area contributed by atoms with Crippen molar-refractivity contribution in [3.63, 3.8) is 0 Å². The first-order valence-corrected chi connectivity index (χ1v) is 17.7. The van der Waals surface area contributed by atoms with Gasteiger partial charge < -0.3 is 30.2 Å². The number of nitro benzene ring substituents is 2. The minimum absolute atomic E-state index is 0.0160. The fourth-order valence-corrected chi connectivity index (χ4v) is 5.72. The molecule has 0 aliphatic heterocycles. The van der Waals surface area contributed by atoms with Gasteiger partial charge in [0.15, 0.2) is 0 Å². The molecule has 18 heteroatoms. The second kappa shape index (κ2) is 22.5. The lowest BCUT2D eigenvalue weighted by Gasteiger charge is -2.21. The van der Waals surface area contributed by atoms with Crippen molar-refractivity contribution < 1.29 is 48.0 Å². The van der Waals surface area contributed by atoms with Gasteiger partial charge in [-0.25, -0.2) is 9.59 Å². The molecule has 52 heavy (non-hydrogen) atoms. The molecular formula is C34H45N5O12S. The number of rotatable bonds is 22. The third-order valence-corrected chi connectivity index (χ3v) is 8.46. The summed E-state index contributed by atoms with van der Waals surface area (Å²) in [6.07, 6.45) is 0.240. The van der Waals surface area contributed by atoms with E-state index in [0.717, 1.165) is 42.8 Å². The molecule has 4 atom stereocenters. The first kappa shape index (κ1) is 42.9. The van der Waals surface area contributed by atoms with E-state index in [0.29, 0.717) is 18.4 Å². The van der Waals surface area contributed by atoms with Gasteiger partial charge in [0.1, 0.15) is 25.2 Å². The molecule has 2 aromatic carbocycles. The summed E-state index contributed by atoms with van der Waals surface area (Å²) in [6, 6.07) is 9.16. The van der Waals surface area contributed by atoms with Gasteiger partial charge in [0, 0.05) is 18.2 Å². The molecule has 2 rings (SSSR count). The van der Waals surface area contributed by atoms with E-state index in [1.165, 1.54) is 0 Å². The normalized spacial score (nSPS) is 13.0. The second-order valence-electron chi connectivity index (χ2n) is 11.7. The molecule has 0 radical (unpaired) electrons. The van der Waals surface area contributed by atoms with Gasteiger partial charge in [0.25, 0.3) is 11.4 Å². The molecule has 3 amide bonds. The Morgan fingerprint density at radius 1 is 0.827 bits per heavy atom. The number of esters is 2. The van der Waals surface area contributed by atoms with Crippen LogP contribution in [0, 0.1) is 20.2 Å². The SMILES string of the molecule is CCCC(C)OC(=O)CNC(=O)[C@H](CSc1ccc([N+](=O)[O-])cc1[N+](=O)[O-])NC(=O)CC[C@H](NC(=O)OCc1ccccc1)C(=O)OC(C)CCC. The number of non-ortho nitro benzene ring substituents is 1. The van der Waals surface area contributed by atoms with Crippen LogP contribution >= 0.6 is 11.8 Å². The molecule has 0 heterocycles. The fraction of sp³-hybridized carbons (Fsp3) is 0.500. The third-order valence-electron chi connectivity index (χ3n) is 7.30. The van der Waals surface area contributed by atoms with Crippen molar-refractivity contribution in [1.29, 1.82) is 0 Å². The Hall–Kier alpha value is -5.26. The van der Waals surface area contributed by atoms with Crippen molar-refractivity contribution in [2.75, 3.05) is 12.3 Å². The maximum atomic E-state index is 13.2. The molecule has 3 N–H and O–H groups in total. The van der Waals surface area contributed by atoms with E-state index in [-0.39, 0.29) is 30.1 Å². The van der Waals surface area contributed by atoms with E-state index in [1.54, 1.807) is 44.2 Å². The quantitative estimate of drug-likeness (QED) is 0.0486. The van der Waals surface area contributed by atoms with Crippen LogP contribution in [0.25, 0.3) is 0 Å². The lowest BCUT2D eigenvalue weighted by molar-refractivity contribution is -0.396. The Kier molecular flexibility index (Phi) is 18.6. The smallest absolute Gasteiger partial charge is 0.408 e. The summed E-state index contributed by atoms with van der Waals surface area (Å²) in [4.78, 5) is 85.6. The molecule has 0 saturated carbocycles. The van der Waals surface area contributed by atoms with Crippen molar-refractivity contribution in [3.05, 3.63) is 74.3 Å². The Morgan fingerprint density at radius 2 is 1.48 bits per heavy atom. The van der Waals surface area contributed by atoms with Gasteiger partial charge in [-0.15, -0.1) is 11.8 Å². The summed E-state index contributed by atoms with van der Waals surface area (Å²) in [7, 11) is 0. The summed E-state index contributed by atoms with van der Waals surface area (Å²) < 4.78 is 15.9. The van der Waals surface area contributed by atoms with Gasteiger partial charge in [-0.2, -0.15) is 0 Å². The number of hydrogen-bond donors (Lipinski definition) is 3. The number of carbonyl (C=O) groups is 5. The average Bonchev–Trinajstić information content (AvgIpc) is 3.10. The maximum absolute atomic E-state index is 13.2. The Labute approximate surface area is 305 Å². The van der Waals surface area contributed by atoms with E-state index < -0.39 is 81.9 Å². The number of alkyl carbamates (subject to hydrolysis) is 1. The molecule has 0 aliphatic rings. The van der Waals surface area contributed by atoms with Crippen LogP contribution < -0.4 is 16.0 Å². The largest absolute Gasteiger partial charge is 0.461 e. The lowest BCUT2D eigenvalue weighted by Crippen LogP contribution is -2.50. The summed E-state index contributed by atoms with van der Waals surface area (Å²) in [5.74, 6) is -3.37. The van der Waals surface area contributed by atoms with Crippen LogP contribution in [-0.2, 0) is 40.0 Å². The highest BCUT2D eigenvalue weighted by Gasteiger charge is 2.29. The molecule has 284 valence electrons. The highest BCUT2D eigenvalue weighted by molar-refractivity contribution is 7.99. The number of carbonyl (C=O) groups excluding carboxylic acids is 5. The second-order valence-corrected chi connectivity index (χ2v) is 12.8. The topological polar surface area (TPSA) is 235 Å². The predicted molar refractivity (Wildman–Crippen MR) is 189 cm³/mol. The summed E-state index contributed by atoms with van der Waals surface area (Å²) in [6.45, 7) is 6.61. The third kappa shape index (κ3) is 15.7. The number of nitro groups is 2. The zero-order valence-electron chi connectivity index (χ0n) is 29.5. The van der Waals surface area contributed by atoms with Crippen LogP contribution in [-0.4, -0.2) is 76.3 Å². The highest BCUT2D eigenvalue weighted by atomic mass is 32.2. The number of thioether (sulfide) groups is 1. The van der Waals surface area contributed by atoms with Gasteiger partial charge >= 0.3 is 18.0 Å². The molecular weight excluding hydrogens is 702 g/mol. The van der Waals surface area contributed by atoms with E-state index >= 15 is 0 Å². The minimum atomic E-state index is -1.37. The number of benzene rings is 2. The molecule has 2 aromatic rings. The summed E-state index contributed by atoms with van der Waals surface area (Å²) >= 11 is 0.775. The lowest BCUT2D eigenvalue weighted by atomic mass is 10.1. The molecule has 0 saturated heterocycles.